The Labute approximate surface area is 124 Å². The summed E-state index contributed by atoms with van der Waals surface area (Å²) in [5.41, 5.74) is 0. The van der Waals surface area contributed by atoms with E-state index >= 15 is 0 Å². The van der Waals surface area contributed by atoms with Gasteiger partial charge in [0.25, 0.3) is 0 Å². The molecule has 1 heterocycles. The lowest BCUT2D eigenvalue weighted by molar-refractivity contribution is 0.252. The molecule has 1 aliphatic carbocycles. The lowest BCUT2D eigenvalue weighted by Crippen LogP contribution is -2.35. The van der Waals surface area contributed by atoms with Crippen LogP contribution in [0.5, 0.6) is 0 Å². The standard InChI is InChI=1S/C17H31N3/c1-15(2)12-16-6-5-7-17(13-16)19-8-3-4-10-20-11-9-18-14-20/h9,11,14-17,19H,3-8,10,12-13H2,1-2H3. The third kappa shape index (κ3) is 5.66. The van der Waals surface area contributed by atoms with Gasteiger partial charge in [0.15, 0.2) is 0 Å². The van der Waals surface area contributed by atoms with E-state index < -0.39 is 0 Å². The third-order valence-corrected chi connectivity index (χ3v) is 4.42. The number of aromatic nitrogens is 2. The van der Waals surface area contributed by atoms with Gasteiger partial charge in [0.05, 0.1) is 6.33 Å². The maximum Gasteiger partial charge on any atom is 0.0945 e. The monoisotopic (exact) mass is 277 g/mol. The highest BCUT2D eigenvalue weighted by Crippen LogP contribution is 2.29. The highest BCUT2D eigenvalue weighted by atomic mass is 15.0. The van der Waals surface area contributed by atoms with Crippen molar-refractivity contribution in [1.82, 2.24) is 14.9 Å². The minimum Gasteiger partial charge on any atom is -0.337 e. The quantitative estimate of drug-likeness (QED) is 0.731. The molecule has 1 aliphatic rings. The van der Waals surface area contributed by atoms with Gasteiger partial charge in [-0.2, -0.15) is 0 Å². The average Bonchev–Trinajstić information content (AvgIpc) is 2.91. The molecular formula is C17H31N3. The molecule has 0 aliphatic heterocycles. The molecule has 2 unspecified atom stereocenters. The molecule has 0 aromatic carbocycles. The second-order valence-corrected chi connectivity index (χ2v) is 6.82. The van der Waals surface area contributed by atoms with Gasteiger partial charge in [-0.05, 0) is 50.5 Å². The van der Waals surface area contributed by atoms with E-state index in [0.717, 1.165) is 24.4 Å². The molecule has 1 N–H and O–H groups in total. The summed E-state index contributed by atoms with van der Waals surface area (Å²) in [6.45, 7) is 6.98. The number of hydrogen-bond acceptors (Lipinski definition) is 2. The number of hydrogen-bond donors (Lipinski definition) is 1. The molecule has 114 valence electrons. The number of imidazole rings is 1. The zero-order chi connectivity index (χ0) is 14.2. The summed E-state index contributed by atoms with van der Waals surface area (Å²) >= 11 is 0. The maximum atomic E-state index is 4.07. The third-order valence-electron chi connectivity index (χ3n) is 4.42. The molecule has 1 saturated carbocycles. The Morgan fingerprint density at radius 2 is 2.20 bits per heavy atom. The van der Waals surface area contributed by atoms with E-state index in [1.807, 2.05) is 18.7 Å². The van der Waals surface area contributed by atoms with E-state index in [0.29, 0.717) is 0 Å². The number of nitrogens with one attached hydrogen (secondary N) is 1. The lowest BCUT2D eigenvalue weighted by Gasteiger charge is -2.31. The van der Waals surface area contributed by atoms with E-state index in [9.17, 15) is 0 Å². The Balaban J connectivity index is 1.54. The zero-order valence-corrected chi connectivity index (χ0v) is 13.2. The van der Waals surface area contributed by atoms with Crippen LogP contribution in [-0.2, 0) is 6.54 Å². The van der Waals surface area contributed by atoms with Gasteiger partial charge in [-0.3, -0.25) is 0 Å². The predicted octanol–water partition coefficient (Wildman–Crippen LogP) is 3.86. The van der Waals surface area contributed by atoms with Crippen molar-refractivity contribution >= 4 is 0 Å². The Morgan fingerprint density at radius 1 is 1.30 bits per heavy atom. The Hall–Kier alpha value is -0.830. The van der Waals surface area contributed by atoms with E-state index in [1.165, 1.54) is 51.5 Å². The van der Waals surface area contributed by atoms with Gasteiger partial charge in [-0.15, -0.1) is 0 Å². The van der Waals surface area contributed by atoms with Gasteiger partial charge in [-0.1, -0.05) is 26.7 Å². The summed E-state index contributed by atoms with van der Waals surface area (Å²) in [4.78, 5) is 4.07. The van der Waals surface area contributed by atoms with Crippen molar-refractivity contribution < 1.29 is 0 Å². The van der Waals surface area contributed by atoms with Crippen molar-refractivity contribution in [2.45, 2.75) is 71.4 Å². The average molecular weight is 277 g/mol. The lowest BCUT2D eigenvalue weighted by atomic mass is 9.81. The molecule has 1 fully saturated rings. The van der Waals surface area contributed by atoms with Gasteiger partial charge in [0, 0.05) is 25.0 Å². The number of aryl methyl sites for hydroxylation is 1. The van der Waals surface area contributed by atoms with Crippen molar-refractivity contribution in [2.75, 3.05) is 6.54 Å². The topological polar surface area (TPSA) is 29.9 Å². The van der Waals surface area contributed by atoms with Gasteiger partial charge in [-0.25, -0.2) is 4.98 Å². The maximum absolute atomic E-state index is 4.07. The fourth-order valence-electron chi connectivity index (χ4n) is 3.50. The van der Waals surface area contributed by atoms with E-state index in [1.54, 1.807) is 0 Å². The first-order valence-corrected chi connectivity index (χ1v) is 8.43. The summed E-state index contributed by atoms with van der Waals surface area (Å²) in [5, 5.41) is 3.78. The summed E-state index contributed by atoms with van der Waals surface area (Å²) in [6.07, 6.45) is 15.4. The molecule has 0 bridgehead atoms. The van der Waals surface area contributed by atoms with Crippen molar-refractivity contribution in [3.63, 3.8) is 0 Å². The zero-order valence-electron chi connectivity index (χ0n) is 13.2. The smallest absolute Gasteiger partial charge is 0.0945 e. The normalized spacial score (nSPS) is 23.4. The summed E-state index contributed by atoms with van der Waals surface area (Å²) in [6, 6.07) is 0.778. The summed E-state index contributed by atoms with van der Waals surface area (Å²) in [5.74, 6) is 1.82. The molecular weight excluding hydrogens is 246 g/mol. The van der Waals surface area contributed by atoms with E-state index in [2.05, 4.69) is 28.7 Å². The van der Waals surface area contributed by atoms with Crippen molar-refractivity contribution in [3.8, 4) is 0 Å². The van der Waals surface area contributed by atoms with Crippen LogP contribution in [0.4, 0.5) is 0 Å². The highest BCUT2D eigenvalue weighted by Gasteiger charge is 2.21. The Bertz CT molecular complexity index is 345. The van der Waals surface area contributed by atoms with Crippen LogP contribution < -0.4 is 5.32 Å². The van der Waals surface area contributed by atoms with E-state index in [4.69, 9.17) is 0 Å². The fraction of sp³-hybridized carbons (Fsp3) is 0.824. The predicted molar refractivity (Wildman–Crippen MR) is 84.7 cm³/mol. The Morgan fingerprint density at radius 3 is 2.95 bits per heavy atom. The van der Waals surface area contributed by atoms with Crippen molar-refractivity contribution in [2.24, 2.45) is 11.8 Å². The van der Waals surface area contributed by atoms with Crippen LogP contribution in [0.3, 0.4) is 0 Å². The Kier molecular flexibility index (Phi) is 6.58. The molecule has 2 atom stereocenters. The van der Waals surface area contributed by atoms with Gasteiger partial charge < -0.3 is 9.88 Å². The van der Waals surface area contributed by atoms with Crippen LogP contribution in [0.1, 0.15) is 58.8 Å². The number of nitrogens with zero attached hydrogens (tertiary/aromatic N) is 2. The molecule has 1 aromatic rings. The van der Waals surface area contributed by atoms with Crippen LogP contribution in [-0.4, -0.2) is 22.1 Å². The van der Waals surface area contributed by atoms with Crippen LogP contribution in [0, 0.1) is 11.8 Å². The van der Waals surface area contributed by atoms with Gasteiger partial charge in [0.1, 0.15) is 0 Å². The molecule has 0 radical (unpaired) electrons. The first kappa shape index (κ1) is 15.6. The van der Waals surface area contributed by atoms with Gasteiger partial charge >= 0.3 is 0 Å². The second kappa shape index (κ2) is 8.46. The van der Waals surface area contributed by atoms with Crippen LogP contribution in [0.15, 0.2) is 18.7 Å². The molecule has 3 nitrogen and oxygen atoms in total. The van der Waals surface area contributed by atoms with Crippen LogP contribution in [0.2, 0.25) is 0 Å². The molecule has 0 spiro atoms. The summed E-state index contributed by atoms with van der Waals surface area (Å²) < 4.78 is 2.17. The molecule has 1 aromatic heterocycles. The molecule has 0 saturated heterocycles. The fourth-order valence-corrected chi connectivity index (χ4v) is 3.50. The van der Waals surface area contributed by atoms with Crippen LogP contribution in [0.25, 0.3) is 0 Å². The van der Waals surface area contributed by atoms with Gasteiger partial charge in [0.2, 0.25) is 0 Å². The minimum atomic E-state index is 0.778. The highest BCUT2D eigenvalue weighted by molar-refractivity contribution is 4.79. The van der Waals surface area contributed by atoms with Crippen LogP contribution >= 0.6 is 0 Å². The van der Waals surface area contributed by atoms with Crippen molar-refractivity contribution in [1.29, 1.82) is 0 Å². The summed E-state index contributed by atoms with van der Waals surface area (Å²) in [7, 11) is 0. The SMILES string of the molecule is CC(C)CC1CCCC(NCCCCn2ccnc2)C1. The molecule has 20 heavy (non-hydrogen) atoms. The van der Waals surface area contributed by atoms with Crippen molar-refractivity contribution in [3.05, 3.63) is 18.7 Å². The minimum absolute atomic E-state index is 0.778. The molecule has 3 heteroatoms. The molecule has 2 rings (SSSR count). The number of unbranched alkanes of at least 4 members (excludes halogenated alkanes) is 1. The molecule has 0 amide bonds. The largest absolute Gasteiger partial charge is 0.337 e. The second-order valence-electron chi connectivity index (χ2n) is 6.82. The first-order chi connectivity index (χ1) is 9.74. The number of rotatable bonds is 8. The first-order valence-electron chi connectivity index (χ1n) is 8.43. The van der Waals surface area contributed by atoms with E-state index in [-0.39, 0.29) is 0 Å².